The Kier molecular flexibility index (Phi) is 7.58. The Hall–Kier alpha value is -2.99. The van der Waals surface area contributed by atoms with Gasteiger partial charge in [0.2, 0.25) is 5.91 Å². The molecule has 1 heterocycles. The first-order valence-electron chi connectivity index (χ1n) is 9.92. The first kappa shape index (κ1) is 22.7. The highest BCUT2D eigenvalue weighted by molar-refractivity contribution is 5.99. The molecule has 31 heavy (non-hydrogen) atoms. The van der Waals surface area contributed by atoms with Gasteiger partial charge in [0.25, 0.3) is 5.91 Å². The number of nitrogens with zero attached hydrogens (tertiary/aromatic N) is 1. The maximum absolute atomic E-state index is 12.9. The molecule has 0 radical (unpaired) electrons. The van der Waals surface area contributed by atoms with Crippen molar-refractivity contribution in [3.8, 4) is 5.75 Å². The number of morpholine rings is 1. The minimum atomic E-state index is -3.13. The van der Waals surface area contributed by atoms with Crippen molar-refractivity contribution in [3.05, 3.63) is 18.2 Å². The predicted octanol–water partition coefficient (Wildman–Crippen LogP) is 0.769. The van der Waals surface area contributed by atoms with Crippen molar-refractivity contribution in [2.75, 3.05) is 36.5 Å². The molecule has 1 aromatic rings. The quantitative estimate of drug-likeness (QED) is 0.471. The summed E-state index contributed by atoms with van der Waals surface area (Å²) in [5.74, 6) is -1.29. The summed E-state index contributed by atoms with van der Waals surface area (Å²) in [6.07, 6.45) is 2.82. The molecule has 1 saturated heterocycles. The fourth-order valence-corrected chi connectivity index (χ4v) is 3.18. The Morgan fingerprint density at radius 2 is 2.10 bits per heavy atom. The van der Waals surface area contributed by atoms with E-state index in [1.807, 2.05) is 0 Å². The lowest BCUT2D eigenvalue weighted by atomic mass is 9.93. The molecule has 1 saturated carbocycles. The molecular weight excluding hydrogens is 416 g/mol. The van der Waals surface area contributed by atoms with Crippen LogP contribution in [0.4, 0.5) is 25.0 Å². The number of hydrogen-bond donors (Lipinski definition) is 4. The van der Waals surface area contributed by atoms with E-state index in [2.05, 4.69) is 20.7 Å². The monoisotopic (exact) mass is 441 g/mol. The normalized spacial score (nSPS) is 17.7. The molecule has 0 unspecified atom stereocenters. The Balaban J connectivity index is 1.69. The first-order chi connectivity index (χ1) is 14.9. The average molecular weight is 441 g/mol. The molecule has 2 fully saturated rings. The fourth-order valence-electron chi connectivity index (χ4n) is 3.18. The number of carbonyl (C=O) groups excluding carboxylic acids is 3. The van der Waals surface area contributed by atoms with Gasteiger partial charge in [-0.05, 0) is 31.4 Å². The van der Waals surface area contributed by atoms with E-state index in [-0.39, 0.29) is 49.5 Å². The molecule has 5 N–H and O–H groups in total. The molecule has 4 amide bonds. The molecule has 1 atom stereocenters. The fraction of sp³-hybridized carbons (Fsp3) is 0.526. The van der Waals surface area contributed by atoms with Gasteiger partial charge >= 0.3 is 12.6 Å². The van der Waals surface area contributed by atoms with Gasteiger partial charge in [-0.15, -0.1) is 0 Å². The third kappa shape index (κ3) is 6.01. The second-order valence-corrected chi connectivity index (χ2v) is 7.18. The molecule has 1 aliphatic carbocycles. The maximum atomic E-state index is 12.9. The number of anilines is 2. The molecule has 12 heteroatoms. The first-order valence-corrected chi connectivity index (χ1v) is 9.92. The SMILES string of the molecule is NC[C@H](NC(=O)NC1CCC1)C(=O)Nc1ccc(N2CCOCC2=O)c(OC(F)F)c1. The van der Waals surface area contributed by atoms with Crippen molar-refractivity contribution in [2.45, 2.75) is 38.0 Å². The molecule has 0 spiro atoms. The van der Waals surface area contributed by atoms with Crippen LogP contribution in [0.5, 0.6) is 5.75 Å². The van der Waals surface area contributed by atoms with Crippen molar-refractivity contribution in [1.82, 2.24) is 10.6 Å². The van der Waals surface area contributed by atoms with Crippen LogP contribution >= 0.6 is 0 Å². The number of alkyl halides is 2. The summed E-state index contributed by atoms with van der Waals surface area (Å²) in [6, 6.07) is 2.58. The van der Waals surface area contributed by atoms with Crippen LogP contribution in [-0.4, -0.2) is 62.8 Å². The van der Waals surface area contributed by atoms with Crippen LogP contribution in [-0.2, 0) is 14.3 Å². The molecule has 3 rings (SSSR count). The lowest BCUT2D eigenvalue weighted by Crippen LogP contribution is -2.54. The minimum absolute atomic E-state index is 0.0889. The highest BCUT2D eigenvalue weighted by Crippen LogP contribution is 2.33. The number of rotatable bonds is 8. The van der Waals surface area contributed by atoms with Crippen LogP contribution in [0.25, 0.3) is 0 Å². The van der Waals surface area contributed by atoms with Gasteiger partial charge in [0.1, 0.15) is 12.6 Å². The number of amides is 4. The average Bonchev–Trinajstić information content (AvgIpc) is 2.69. The summed E-state index contributed by atoms with van der Waals surface area (Å²) in [4.78, 5) is 37.8. The van der Waals surface area contributed by atoms with Crippen LogP contribution < -0.4 is 31.3 Å². The van der Waals surface area contributed by atoms with Crippen molar-refractivity contribution >= 4 is 29.2 Å². The molecular formula is C19H25F2N5O5. The van der Waals surface area contributed by atoms with Gasteiger partial charge in [-0.1, -0.05) is 0 Å². The summed E-state index contributed by atoms with van der Waals surface area (Å²) in [5.41, 5.74) is 5.88. The van der Waals surface area contributed by atoms with Gasteiger partial charge in [-0.3, -0.25) is 9.59 Å². The molecule has 0 aromatic heterocycles. The second-order valence-electron chi connectivity index (χ2n) is 7.18. The standard InChI is InChI=1S/C19H25F2N5O5/c20-18(21)31-15-8-12(4-5-14(15)26-6-7-30-10-16(26)27)23-17(28)13(9-22)25-19(29)24-11-2-1-3-11/h4-5,8,11,13,18H,1-3,6-7,9-10,22H2,(H,23,28)(H2,24,25,29)/t13-/m0/s1. The topological polar surface area (TPSA) is 135 Å². The van der Waals surface area contributed by atoms with Crippen LogP contribution in [0.1, 0.15) is 19.3 Å². The number of urea groups is 1. The van der Waals surface area contributed by atoms with Crippen LogP contribution in [0.15, 0.2) is 18.2 Å². The number of nitrogens with one attached hydrogen (secondary N) is 3. The van der Waals surface area contributed by atoms with Crippen molar-refractivity contribution in [2.24, 2.45) is 5.73 Å². The summed E-state index contributed by atoms with van der Waals surface area (Å²) in [6.45, 7) is -3.02. The van der Waals surface area contributed by atoms with E-state index < -0.39 is 30.5 Å². The van der Waals surface area contributed by atoms with Crippen molar-refractivity contribution in [3.63, 3.8) is 0 Å². The Bertz CT molecular complexity index is 821. The number of nitrogens with two attached hydrogens (primary N) is 1. The summed E-state index contributed by atoms with van der Waals surface area (Å²) in [5, 5.41) is 7.76. The van der Waals surface area contributed by atoms with Gasteiger partial charge in [-0.2, -0.15) is 8.78 Å². The lowest BCUT2D eigenvalue weighted by Gasteiger charge is -2.29. The Labute approximate surface area is 177 Å². The van der Waals surface area contributed by atoms with Gasteiger partial charge < -0.3 is 36.1 Å². The summed E-state index contributed by atoms with van der Waals surface area (Å²) >= 11 is 0. The summed E-state index contributed by atoms with van der Waals surface area (Å²) < 4.78 is 35.4. The highest BCUT2D eigenvalue weighted by Gasteiger charge is 2.26. The smallest absolute Gasteiger partial charge is 0.387 e. The van der Waals surface area contributed by atoms with Crippen LogP contribution in [0, 0.1) is 0 Å². The predicted molar refractivity (Wildman–Crippen MR) is 107 cm³/mol. The van der Waals surface area contributed by atoms with E-state index in [1.54, 1.807) is 0 Å². The third-order valence-corrected chi connectivity index (χ3v) is 5.02. The lowest BCUT2D eigenvalue weighted by molar-refractivity contribution is -0.125. The summed E-state index contributed by atoms with van der Waals surface area (Å²) in [7, 11) is 0. The Morgan fingerprint density at radius 1 is 1.32 bits per heavy atom. The van der Waals surface area contributed by atoms with Crippen LogP contribution in [0.3, 0.4) is 0 Å². The van der Waals surface area contributed by atoms with E-state index in [0.717, 1.165) is 19.3 Å². The van der Waals surface area contributed by atoms with Gasteiger partial charge in [0, 0.05) is 30.9 Å². The highest BCUT2D eigenvalue weighted by atomic mass is 19.3. The van der Waals surface area contributed by atoms with Gasteiger partial charge in [0.15, 0.2) is 5.75 Å². The van der Waals surface area contributed by atoms with E-state index in [0.29, 0.717) is 0 Å². The zero-order valence-electron chi connectivity index (χ0n) is 16.7. The third-order valence-electron chi connectivity index (χ3n) is 5.02. The minimum Gasteiger partial charge on any atom is -0.433 e. The number of hydrogen-bond acceptors (Lipinski definition) is 6. The van der Waals surface area contributed by atoms with E-state index in [9.17, 15) is 23.2 Å². The van der Waals surface area contributed by atoms with E-state index in [4.69, 9.17) is 10.5 Å². The molecule has 170 valence electrons. The number of halogens is 2. The number of ether oxygens (including phenoxy) is 2. The van der Waals surface area contributed by atoms with E-state index in [1.165, 1.54) is 23.1 Å². The maximum Gasteiger partial charge on any atom is 0.387 e. The zero-order chi connectivity index (χ0) is 22.4. The van der Waals surface area contributed by atoms with E-state index >= 15 is 0 Å². The van der Waals surface area contributed by atoms with Crippen molar-refractivity contribution < 1.29 is 32.6 Å². The molecule has 1 aliphatic heterocycles. The molecule has 10 nitrogen and oxygen atoms in total. The van der Waals surface area contributed by atoms with Crippen molar-refractivity contribution in [1.29, 1.82) is 0 Å². The zero-order valence-corrected chi connectivity index (χ0v) is 16.7. The second kappa shape index (κ2) is 10.4. The Morgan fingerprint density at radius 3 is 2.71 bits per heavy atom. The largest absolute Gasteiger partial charge is 0.433 e. The molecule has 1 aromatic carbocycles. The number of benzene rings is 1. The number of carbonyl (C=O) groups is 3. The molecule has 0 bridgehead atoms. The van der Waals surface area contributed by atoms with Gasteiger partial charge in [0.05, 0.1) is 12.3 Å². The van der Waals surface area contributed by atoms with Gasteiger partial charge in [-0.25, -0.2) is 4.79 Å². The van der Waals surface area contributed by atoms with Crippen LogP contribution in [0.2, 0.25) is 0 Å². The molecule has 2 aliphatic rings.